The van der Waals surface area contributed by atoms with Crippen LogP contribution in [0.5, 0.6) is 0 Å². The molecule has 3 atom stereocenters. The molecule has 0 bridgehead atoms. The van der Waals surface area contributed by atoms with Crippen LogP contribution >= 0.6 is 0 Å². The molecule has 22 heavy (non-hydrogen) atoms. The first kappa shape index (κ1) is 11.1. The Labute approximate surface area is 129 Å². The summed E-state index contributed by atoms with van der Waals surface area (Å²) in [7, 11) is 0. The van der Waals surface area contributed by atoms with Gasteiger partial charge in [0, 0.05) is 22.9 Å². The summed E-state index contributed by atoms with van der Waals surface area (Å²) < 4.78 is 0. The first-order valence-corrected chi connectivity index (χ1v) is 7.91. The third-order valence-electron chi connectivity index (χ3n) is 6.08. The molecule has 0 heterocycles. The summed E-state index contributed by atoms with van der Waals surface area (Å²) in [5, 5.41) is 0. The van der Waals surface area contributed by atoms with Crippen molar-refractivity contribution in [3.05, 3.63) is 100 Å². The fourth-order valence-electron chi connectivity index (χ4n) is 5.45. The molecule has 0 saturated heterocycles. The van der Waals surface area contributed by atoms with Gasteiger partial charge in [-0.25, -0.2) is 0 Å². The number of nitrogens with two attached hydrogens (primary N) is 1. The molecule has 6 rings (SSSR count). The Morgan fingerprint density at radius 2 is 1.23 bits per heavy atom. The third kappa shape index (κ3) is 0.901. The van der Waals surface area contributed by atoms with E-state index in [9.17, 15) is 0 Å². The molecule has 1 heteroatoms. The van der Waals surface area contributed by atoms with Crippen molar-refractivity contribution >= 4 is 5.69 Å². The zero-order chi connectivity index (χ0) is 14.5. The summed E-state index contributed by atoms with van der Waals surface area (Å²) in [5.41, 5.74) is 16.1. The van der Waals surface area contributed by atoms with Crippen molar-refractivity contribution in [3.8, 4) is 0 Å². The van der Waals surface area contributed by atoms with E-state index < -0.39 is 0 Å². The van der Waals surface area contributed by atoms with Gasteiger partial charge in [0.1, 0.15) is 0 Å². The van der Waals surface area contributed by atoms with Gasteiger partial charge in [-0.3, -0.25) is 0 Å². The highest BCUT2D eigenvalue weighted by atomic mass is 14.7. The van der Waals surface area contributed by atoms with Crippen LogP contribution in [0.4, 0.5) is 5.69 Å². The van der Waals surface area contributed by atoms with E-state index in [1.54, 1.807) is 0 Å². The van der Waals surface area contributed by atoms with Gasteiger partial charge in [-0.05, 0) is 45.5 Å². The van der Waals surface area contributed by atoms with E-state index in [1.807, 2.05) is 0 Å². The minimum atomic E-state index is 0.184. The van der Waals surface area contributed by atoms with Gasteiger partial charge in [-0.2, -0.15) is 0 Å². The van der Waals surface area contributed by atoms with Gasteiger partial charge in [0.2, 0.25) is 0 Å². The number of anilines is 1. The van der Waals surface area contributed by atoms with Gasteiger partial charge in [-0.15, -0.1) is 0 Å². The Balaban J connectivity index is 1.76. The van der Waals surface area contributed by atoms with Crippen LogP contribution in [0.15, 0.2) is 66.7 Å². The van der Waals surface area contributed by atoms with Crippen molar-refractivity contribution in [1.29, 1.82) is 0 Å². The second kappa shape index (κ2) is 3.27. The highest BCUT2D eigenvalue weighted by Crippen LogP contribution is 2.77. The lowest BCUT2D eigenvalue weighted by Gasteiger charge is -2.58. The topological polar surface area (TPSA) is 26.0 Å². The van der Waals surface area contributed by atoms with Crippen LogP contribution in [-0.2, 0) is 5.41 Å². The Morgan fingerprint density at radius 1 is 0.636 bits per heavy atom. The van der Waals surface area contributed by atoms with Crippen molar-refractivity contribution in [1.82, 2.24) is 0 Å². The first-order chi connectivity index (χ1) is 10.8. The lowest BCUT2D eigenvalue weighted by atomic mass is 9.43. The second-order valence-electron chi connectivity index (χ2n) is 6.80. The molecule has 3 aliphatic rings. The van der Waals surface area contributed by atoms with Crippen LogP contribution in [0.3, 0.4) is 0 Å². The highest BCUT2D eigenvalue weighted by molar-refractivity contribution is 5.79. The number of hydrogen-bond donors (Lipinski definition) is 1. The molecule has 0 saturated carbocycles. The first-order valence-electron chi connectivity index (χ1n) is 7.91. The Morgan fingerprint density at radius 3 is 1.91 bits per heavy atom. The molecule has 2 N–H and O–H groups in total. The number of rotatable bonds is 0. The SMILES string of the molecule is Nc1ccc2c(c1)C1c3ccccc3C13c1ccccc1C23. The van der Waals surface area contributed by atoms with Gasteiger partial charge in [0.15, 0.2) is 0 Å². The predicted octanol–water partition coefficient (Wildman–Crippen LogP) is 4.16. The maximum Gasteiger partial charge on any atom is 0.0427 e. The van der Waals surface area contributed by atoms with E-state index in [4.69, 9.17) is 5.73 Å². The quantitative estimate of drug-likeness (QED) is 0.615. The molecule has 0 aliphatic heterocycles. The summed E-state index contributed by atoms with van der Waals surface area (Å²) in [6.07, 6.45) is 0. The highest BCUT2D eigenvalue weighted by Gasteiger charge is 2.69. The lowest BCUT2D eigenvalue weighted by molar-refractivity contribution is 0.333. The van der Waals surface area contributed by atoms with Crippen LogP contribution in [0.2, 0.25) is 0 Å². The molecule has 0 fully saturated rings. The average molecular weight is 281 g/mol. The summed E-state index contributed by atoms with van der Waals surface area (Å²) in [6, 6.07) is 24.4. The fraction of sp³-hybridized carbons (Fsp3) is 0.143. The van der Waals surface area contributed by atoms with Crippen molar-refractivity contribution in [2.75, 3.05) is 5.73 Å². The maximum absolute atomic E-state index is 6.10. The van der Waals surface area contributed by atoms with Crippen LogP contribution in [0.25, 0.3) is 0 Å². The molecule has 3 aromatic carbocycles. The zero-order valence-corrected chi connectivity index (χ0v) is 12.1. The maximum atomic E-state index is 6.10. The molecule has 3 aliphatic carbocycles. The predicted molar refractivity (Wildman–Crippen MR) is 88.2 cm³/mol. The van der Waals surface area contributed by atoms with Gasteiger partial charge < -0.3 is 5.73 Å². The molecular weight excluding hydrogens is 266 g/mol. The third-order valence-corrected chi connectivity index (χ3v) is 6.08. The monoisotopic (exact) mass is 281 g/mol. The van der Waals surface area contributed by atoms with E-state index in [0.717, 1.165) is 5.69 Å². The molecule has 1 spiro atoms. The average Bonchev–Trinajstić information content (AvgIpc) is 2.72. The number of benzene rings is 3. The largest absolute Gasteiger partial charge is 0.399 e. The molecule has 3 unspecified atom stereocenters. The summed E-state index contributed by atoms with van der Waals surface area (Å²) in [5.74, 6) is 1.00. The van der Waals surface area contributed by atoms with Crippen LogP contribution < -0.4 is 5.73 Å². The number of hydrogen-bond acceptors (Lipinski definition) is 1. The molecule has 104 valence electrons. The number of nitrogen functional groups attached to an aromatic ring is 1. The normalized spacial score (nSPS) is 28.4. The number of fused-ring (bicyclic) bond motifs is 7. The van der Waals surface area contributed by atoms with Gasteiger partial charge in [0.25, 0.3) is 0 Å². The Bertz CT molecular complexity index is 971. The van der Waals surface area contributed by atoms with Crippen LogP contribution in [0.1, 0.15) is 45.2 Å². The fourth-order valence-corrected chi connectivity index (χ4v) is 5.45. The minimum absolute atomic E-state index is 0.184. The van der Waals surface area contributed by atoms with E-state index >= 15 is 0 Å². The molecule has 0 radical (unpaired) electrons. The van der Waals surface area contributed by atoms with Crippen molar-refractivity contribution in [3.63, 3.8) is 0 Å². The lowest BCUT2D eigenvalue weighted by Crippen LogP contribution is -2.52. The minimum Gasteiger partial charge on any atom is -0.399 e. The van der Waals surface area contributed by atoms with Crippen molar-refractivity contribution in [2.45, 2.75) is 17.3 Å². The summed E-state index contributed by atoms with van der Waals surface area (Å²) in [6.45, 7) is 0. The smallest absolute Gasteiger partial charge is 0.0427 e. The molecule has 0 aromatic heterocycles. The van der Waals surface area contributed by atoms with Gasteiger partial charge >= 0.3 is 0 Å². The van der Waals surface area contributed by atoms with Crippen LogP contribution in [0, 0.1) is 0 Å². The molecule has 3 aromatic rings. The molecular formula is C21H15N. The second-order valence-corrected chi connectivity index (χ2v) is 6.80. The zero-order valence-electron chi connectivity index (χ0n) is 12.1. The van der Waals surface area contributed by atoms with Crippen LogP contribution in [-0.4, -0.2) is 0 Å². The molecule has 1 nitrogen and oxygen atoms in total. The van der Waals surface area contributed by atoms with Crippen molar-refractivity contribution in [2.24, 2.45) is 0 Å². The Hall–Kier alpha value is -2.54. The van der Waals surface area contributed by atoms with Gasteiger partial charge in [0.05, 0.1) is 0 Å². The summed E-state index contributed by atoms with van der Waals surface area (Å²) in [4.78, 5) is 0. The summed E-state index contributed by atoms with van der Waals surface area (Å²) >= 11 is 0. The molecule has 0 amide bonds. The van der Waals surface area contributed by atoms with E-state index in [2.05, 4.69) is 66.7 Å². The van der Waals surface area contributed by atoms with E-state index in [0.29, 0.717) is 11.8 Å². The van der Waals surface area contributed by atoms with Gasteiger partial charge in [-0.1, -0.05) is 54.6 Å². The van der Waals surface area contributed by atoms with E-state index in [1.165, 1.54) is 33.4 Å². The van der Waals surface area contributed by atoms with Crippen molar-refractivity contribution < 1.29 is 0 Å². The Kier molecular flexibility index (Phi) is 1.65. The standard InChI is InChI=1S/C21H15N/c22-12-9-10-13-16(11-12)20-15-6-2-4-8-18(15)21(20)17-7-3-1-5-14(17)19(13)21/h1-11,19-20H,22H2. The van der Waals surface area contributed by atoms with E-state index in [-0.39, 0.29) is 5.41 Å².